The Balaban J connectivity index is 2.35. The summed E-state index contributed by atoms with van der Waals surface area (Å²) >= 11 is 0. The van der Waals surface area contributed by atoms with E-state index in [1.807, 2.05) is 0 Å². The Kier molecular flexibility index (Phi) is 6.01. The molecule has 0 fully saturated rings. The highest BCUT2D eigenvalue weighted by Crippen LogP contribution is 2.35. The van der Waals surface area contributed by atoms with Gasteiger partial charge in [-0.1, -0.05) is 24.1 Å². The second-order valence-electron chi connectivity index (χ2n) is 5.90. The van der Waals surface area contributed by atoms with E-state index in [9.17, 15) is 18.0 Å². The lowest BCUT2D eigenvalue weighted by molar-refractivity contribution is -0.275. The molecule has 0 unspecified atom stereocenters. The molecular formula is C20H17F3O4. The summed E-state index contributed by atoms with van der Waals surface area (Å²) in [4.78, 5) is 12.3. The van der Waals surface area contributed by atoms with Crippen LogP contribution in [0.1, 0.15) is 31.1 Å². The molecule has 7 heteroatoms. The number of ether oxygens (including phenoxy) is 3. The van der Waals surface area contributed by atoms with Crippen molar-refractivity contribution in [1.29, 1.82) is 0 Å². The maximum Gasteiger partial charge on any atom is 0.573 e. The van der Waals surface area contributed by atoms with E-state index in [4.69, 9.17) is 9.47 Å². The number of rotatable bonds is 5. The highest BCUT2D eigenvalue weighted by atomic mass is 19.4. The van der Waals surface area contributed by atoms with E-state index in [1.165, 1.54) is 0 Å². The zero-order valence-electron chi connectivity index (χ0n) is 14.9. The number of para-hydroxylation sites is 1. The Bertz CT molecular complexity index is 862. The number of carbonyl (C=O) groups is 1. The highest BCUT2D eigenvalue weighted by molar-refractivity contribution is 5.91. The van der Waals surface area contributed by atoms with E-state index in [0.29, 0.717) is 5.75 Å². The van der Waals surface area contributed by atoms with Crippen LogP contribution in [0, 0.1) is 11.8 Å². The fraction of sp³-hybridized carbons (Fsp3) is 0.250. The molecule has 0 radical (unpaired) electrons. The Morgan fingerprint density at radius 3 is 2.22 bits per heavy atom. The summed E-state index contributed by atoms with van der Waals surface area (Å²) < 4.78 is 52.7. The Morgan fingerprint density at radius 2 is 1.63 bits per heavy atom. The van der Waals surface area contributed by atoms with Gasteiger partial charge in [-0.15, -0.1) is 19.1 Å². The number of esters is 1. The third kappa shape index (κ3) is 6.26. The van der Waals surface area contributed by atoms with Crippen LogP contribution in [0.2, 0.25) is 0 Å². The fourth-order valence-electron chi connectivity index (χ4n) is 2.18. The first-order chi connectivity index (χ1) is 12.6. The van der Waals surface area contributed by atoms with E-state index in [2.05, 4.69) is 16.6 Å². The van der Waals surface area contributed by atoms with Crippen LogP contribution in [0.5, 0.6) is 17.2 Å². The van der Waals surface area contributed by atoms with E-state index < -0.39 is 23.7 Å². The molecule has 0 aliphatic carbocycles. The van der Waals surface area contributed by atoms with E-state index in [-0.39, 0.29) is 11.3 Å². The second-order valence-corrected chi connectivity index (χ2v) is 5.90. The summed E-state index contributed by atoms with van der Waals surface area (Å²) in [5.74, 6) is 4.06. The predicted molar refractivity (Wildman–Crippen MR) is 92.7 cm³/mol. The molecule has 27 heavy (non-hydrogen) atoms. The molecule has 0 aliphatic heterocycles. The smallest absolute Gasteiger partial charge is 0.471 e. The molecule has 0 aliphatic rings. The van der Waals surface area contributed by atoms with Gasteiger partial charge in [0.1, 0.15) is 5.75 Å². The first-order valence-electron chi connectivity index (χ1n) is 7.89. The van der Waals surface area contributed by atoms with Gasteiger partial charge in [0.25, 0.3) is 0 Å². The minimum absolute atomic E-state index is 0.00337. The maximum absolute atomic E-state index is 12.7. The molecule has 2 rings (SSSR count). The van der Waals surface area contributed by atoms with Gasteiger partial charge in [0, 0.05) is 0 Å². The Morgan fingerprint density at radius 1 is 0.963 bits per heavy atom. The van der Waals surface area contributed by atoms with Gasteiger partial charge < -0.3 is 14.2 Å². The van der Waals surface area contributed by atoms with Gasteiger partial charge in [-0.3, -0.25) is 0 Å². The van der Waals surface area contributed by atoms with Gasteiger partial charge in [-0.25, -0.2) is 4.79 Å². The van der Waals surface area contributed by atoms with Crippen molar-refractivity contribution in [2.24, 2.45) is 0 Å². The average molecular weight is 378 g/mol. The van der Waals surface area contributed by atoms with Crippen molar-refractivity contribution in [3.05, 3.63) is 54.1 Å². The van der Waals surface area contributed by atoms with Gasteiger partial charge >= 0.3 is 12.3 Å². The predicted octanol–water partition coefficient (Wildman–Crippen LogP) is 4.99. The van der Waals surface area contributed by atoms with Crippen molar-refractivity contribution in [1.82, 2.24) is 0 Å². The van der Waals surface area contributed by atoms with Crippen LogP contribution in [-0.2, 0) is 0 Å². The number of alkyl halides is 3. The third-order valence-electron chi connectivity index (χ3n) is 3.15. The molecule has 0 aromatic heterocycles. The molecule has 0 heterocycles. The van der Waals surface area contributed by atoms with Crippen molar-refractivity contribution in [2.45, 2.75) is 32.7 Å². The maximum atomic E-state index is 12.7. The number of benzene rings is 2. The Labute approximate surface area is 154 Å². The quantitative estimate of drug-likeness (QED) is 0.418. The summed E-state index contributed by atoms with van der Waals surface area (Å²) in [7, 11) is 0. The van der Waals surface area contributed by atoms with Gasteiger partial charge in [-0.05, 0) is 51.1 Å². The fourth-order valence-corrected chi connectivity index (χ4v) is 2.18. The van der Waals surface area contributed by atoms with Crippen LogP contribution in [0.15, 0.2) is 48.5 Å². The second kappa shape index (κ2) is 8.04. The van der Waals surface area contributed by atoms with Crippen LogP contribution in [0.4, 0.5) is 13.2 Å². The van der Waals surface area contributed by atoms with Crippen LogP contribution < -0.4 is 14.2 Å². The molecule has 0 bridgehead atoms. The van der Waals surface area contributed by atoms with E-state index in [1.54, 1.807) is 51.1 Å². The number of hydrogen-bond acceptors (Lipinski definition) is 4. The molecule has 2 aromatic carbocycles. The van der Waals surface area contributed by atoms with Gasteiger partial charge in [0.15, 0.2) is 17.1 Å². The molecule has 0 saturated carbocycles. The number of halogens is 3. The molecule has 4 nitrogen and oxygen atoms in total. The van der Waals surface area contributed by atoms with E-state index in [0.717, 1.165) is 18.2 Å². The molecule has 0 atom stereocenters. The summed E-state index contributed by atoms with van der Waals surface area (Å²) in [5, 5.41) is 0. The van der Waals surface area contributed by atoms with Crippen LogP contribution in [0.3, 0.4) is 0 Å². The van der Waals surface area contributed by atoms with E-state index >= 15 is 0 Å². The Hall–Kier alpha value is -3.14. The highest BCUT2D eigenvalue weighted by Gasteiger charge is 2.33. The largest absolute Gasteiger partial charge is 0.573 e. The normalized spacial score (nSPS) is 11.2. The van der Waals surface area contributed by atoms with Crippen molar-refractivity contribution in [3.8, 4) is 29.1 Å². The number of carbonyl (C=O) groups excluding carboxylic acids is 1. The summed E-state index contributed by atoms with van der Waals surface area (Å²) in [6.45, 7) is 4.73. The lowest BCUT2D eigenvalue weighted by atomic mass is 10.1. The standard InChI is InChI=1S/C20H17F3O4/c1-4-12-19(2,3)26-17-13-14(10-11-16(17)27-20(21,22)23)18(24)25-15-8-6-5-7-9-15/h5-11,13H,1-3H3. The minimum atomic E-state index is -4.91. The lowest BCUT2D eigenvalue weighted by Crippen LogP contribution is -2.27. The van der Waals surface area contributed by atoms with Gasteiger partial charge in [0.2, 0.25) is 0 Å². The molecule has 0 saturated heterocycles. The van der Waals surface area contributed by atoms with Crippen LogP contribution in [0.25, 0.3) is 0 Å². The molecule has 2 aromatic rings. The first-order valence-corrected chi connectivity index (χ1v) is 7.89. The zero-order valence-corrected chi connectivity index (χ0v) is 14.9. The van der Waals surface area contributed by atoms with Crippen molar-refractivity contribution >= 4 is 5.97 Å². The zero-order chi connectivity index (χ0) is 20.1. The van der Waals surface area contributed by atoms with Crippen LogP contribution in [-0.4, -0.2) is 17.9 Å². The van der Waals surface area contributed by atoms with Crippen molar-refractivity contribution in [3.63, 3.8) is 0 Å². The van der Waals surface area contributed by atoms with Crippen molar-refractivity contribution in [2.75, 3.05) is 0 Å². The van der Waals surface area contributed by atoms with Gasteiger partial charge in [0.05, 0.1) is 5.56 Å². The molecule has 0 amide bonds. The molecular weight excluding hydrogens is 361 g/mol. The molecule has 0 spiro atoms. The SMILES string of the molecule is CC#CC(C)(C)Oc1cc(C(=O)Oc2ccccc2)ccc1OC(F)(F)F. The minimum Gasteiger partial charge on any atom is -0.471 e. The van der Waals surface area contributed by atoms with Gasteiger partial charge in [-0.2, -0.15) is 0 Å². The van der Waals surface area contributed by atoms with Crippen molar-refractivity contribution < 1.29 is 32.2 Å². The monoisotopic (exact) mass is 378 g/mol. The summed E-state index contributed by atoms with van der Waals surface area (Å²) in [6, 6.07) is 11.6. The average Bonchev–Trinajstić information content (AvgIpc) is 2.55. The topological polar surface area (TPSA) is 44.8 Å². The summed E-state index contributed by atoms with van der Waals surface area (Å²) in [5.41, 5.74) is -1.09. The lowest BCUT2D eigenvalue weighted by Gasteiger charge is -2.23. The number of hydrogen-bond donors (Lipinski definition) is 0. The first kappa shape index (κ1) is 20.2. The molecule has 0 N–H and O–H groups in total. The van der Waals surface area contributed by atoms with Crippen LogP contribution >= 0.6 is 0 Å². The molecule has 142 valence electrons. The summed E-state index contributed by atoms with van der Waals surface area (Å²) in [6.07, 6.45) is -4.91. The third-order valence-corrected chi connectivity index (χ3v) is 3.15.